The summed E-state index contributed by atoms with van der Waals surface area (Å²) in [7, 11) is 0. The first-order valence-electron chi connectivity index (χ1n) is 7.88. The zero-order chi connectivity index (χ0) is 17.1. The summed E-state index contributed by atoms with van der Waals surface area (Å²) in [5.41, 5.74) is 1.44. The number of nitrogens with one attached hydrogen (secondary N) is 1. The molecule has 0 unspecified atom stereocenters. The molecule has 7 heteroatoms. The molecule has 0 radical (unpaired) electrons. The molecule has 24 heavy (non-hydrogen) atoms. The first kappa shape index (κ1) is 16.5. The van der Waals surface area contributed by atoms with Crippen LogP contribution in [0, 0.1) is 6.92 Å². The van der Waals surface area contributed by atoms with Crippen molar-refractivity contribution in [1.29, 1.82) is 0 Å². The average Bonchev–Trinajstić information content (AvgIpc) is 3.21. The number of anilines is 1. The van der Waals surface area contributed by atoms with Gasteiger partial charge in [-0.3, -0.25) is 9.59 Å². The molecule has 2 heterocycles. The van der Waals surface area contributed by atoms with Gasteiger partial charge in [-0.2, -0.15) is 0 Å². The summed E-state index contributed by atoms with van der Waals surface area (Å²) in [6, 6.07) is 5.30. The first-order valence-corrected chi connectivity index (χ1v) is 8.26. The molecule has 0 bridgehead atoms. The van der Waals surface area contributed by atoms with Crippen molar-refractivity contribution in [1.82, 2.24) is 14.5 Å². The fourth-order valence-corrected chi connectivity index (χ4v) is 3.24. The number of likely N-dealkylation sites (tertiary alicyclic amines) is 1. The summed E-state index contributed by atoms with van der Waals surface area (Å²) >= 11 is 6.11. The number of nitrogens with zero attached hydrogens (tertiary/aromatic N) is 3. The van der Waals surface area contributed by atoms with E-state index in [1.807, 2.05) is 23.8 Å². The Kier molecular flexibility index (Phi) is 4.85. The van der Waals surface area contributed by atoms with Crippen molar-refractivity contribution in [2.24, 2.45) is 0 Å². The highest BCUT2D eigenvalue weighted by atomic mass is 35.5. The van der Waals surface area contributed by atoms with Gasteiger partial charge in [0, 0.05) is 25.5 Å². The second-order valence-electron chi connectivity index (χ2n) is 5.99. The lowest BCUT2D eigenvalue weighted by Gasteiger charge is -2.24. The smallest absolute Gasteiger partial charge is 0.313 e. The van der Waals surface area contributed by atoms with Gasteiger partial charge in [0.2, 0.25) is 0 Å². The van der Waals surface area contributed by atoms with Crippen LogP contribution in [0.4, 0.5) is 5.69 Å². The monoisotopic (exact) mass is 346 g/mol. The van der Waals surface area contributed by atoms with Gasteiger partial charge >= 0.3 is 11.8 Å². The number of hydrogen-bond acceptors (Lipinski definition) is 3. The van der Waals surface area contributed by atoms with Crippen molar-refractivity contribution < 1.29 is 9.59 Å². The van der Waals surface area contributed by atoms with Crippen molar-refractivity contribution in [3.05, 3.63) is 47.5 Å². The molecule has 1 aromatic carbocycles. The van der Waals surface area contributed by atoms with E-state index in [4.69, 9.17) is 11.6 Å². The van der Waals surface area contributed by atoms with Crippen LogP contribution in [0.5, 0.6) is 0 Å². The number of benzene rings is 1. The minimum absolute atomic E-state index is 0.00550. The molecule has 1 aliphatic rings. The number of rotatable bonds is 3. The molecule has 2 amide bonds. The van der Waals surface area contributed by atoms with Gasteiger partial charge in [0.1, 0.15) is 0 Å². The van der Waals surface area contributed by atoms with E-state index in [-0.39, 0.29) is 6.04 Å². The molecular formula is C17H19ClN4O2. The molecule has 1 fully saturated rings. The van der Waals surface area contributed by atoms with Gasteiger partial charge in [-0.05, 0) is 37.5 Å². The summed E-state index contributed by atoms with van der Waals surface area (Å²) in [4.78, 5) is 30.5. The van der Waals surface area contributed by atoms with Crippen LogP contribution in [0.25, 0.3) is 0 Å². The molecule has 2 aromatic rings. The second-order valence-corrected chi connectivity index (χ2v) is 6.40. The maximum atomic E-state index is 12.5. The van der Waals surface area contributed by atoms with Gasteiger partial charge in [0.25, 0.3) is 0 Å². The molecule has 0 aliphatic carbocycles. The molecule has 1 N–H and O–H groups in total. The van der Waals surface area contributed by atoms with Crippen LogP contribution in [0.3, 0.4) is 0 Å². The lowest BCUT2D eigenvalue weighted by Crippen LogP contribution is -2.44. The number of aryl methyl sites for hydroxylation is 1. The predicted molar refractivity (Wildman–Crippen MR) is 91.8 cm³/mol. The van der Waals surface area contributed by atoms with Gasteiger partial charge < -0.3 is 14.8 Å². The Labute approximate surface area is 145 Å². The van der Waals surface area contributed by atoms with Crippen LogP contribution in [-0.2, 0) is 16.1 Å². The Bertz CT molecular complexity index is 745. The SMILES string of the molecule is Cc1ccc(NC(=O)C(=O)N2CCC[C@H]2Cn2ccnc2)c(Cl)c1. The fraction of sp³-hybridized carbons (Fsp3) is 0.353. The fourth-order valence-electron chi connectivity index (χ4n) is 2.96. The Morgan fingerprint density at radius 2 is 2.25 bits per heavy atom. The van der Waals surface area contributed by atoms with E-state index in [1.165, 1.54) is 0 Å². The van der Waals surface area contributed by atoms with Crippen LogP contribution in [0.15, 0.2) is 36.9 Å². The largest absolute Gasteiger partial charge is 0.335 e. The number of aromatic nitrogens is 2. The third-order valence-electron chi connectivity index (χ3n) is 4.19. The van der Waals surface area contributed by atoms with E-state index >= 15 is 0 Å². The molecule has 6 nitrogen and oxygen atoms in total. The molecule has 3 rings (SSSR count). The van der Waals surface area contributed by atoms with Crippen LogP contribution in [0.1, 0.15) is 18.4 Å². The number of carbonyl (C=O) groups is 2. The van der Waals surface area contributed by atoms with Crippen molar-refractivity contribution in [2.75, 3.05) is 11.9 Å². The Morgan fingerprint density at radius 1 is 1.42 bits per heavy atom. The summed E-state index contributed by atoms with van der Waals surface area (Å²) in [5, 5.41) is 3.04. The van der Waals surface area contributed by atoms with Gasteiger partial charge in [-0.1, -0.05) is 17.7 Å². The van der Waals surface area contributed by atoms with Gasteiger partial charge in [0.05, 0.1) is 23.1 Å². The quantitative estimate of drug-likeness (QED) is 0.868. The van der Waals surface area contributed by atoms with E-state index in [2.05, 4.69) is 10.3 Å². The third-order valence-corrected chi connectivity index (χ3v) is 4.50. The summed E-state index contributed by atoms with van der Waals surface area (Å²) < 4.78 is 1.92. The van der Waals surface area contributed by atoms with Gasteiger partial charge in [-0.25, -0.2) is 4.98 Å². The molecular weight excluding hydrogens is 328 g/mol. The van der Waals surface area contributed by atoms with Crippen LogP contribution < -0.4 is 5.32 Å². The Balaban J connectivity index is 1.67. The number of amides is 2. The standard InChI is InChI=1S/C17H19ClN4O2/c1-12-4-5-15(14(18)9-12)20-16(23)17(24)22-7-2-3-13(22)10-21-8-6-19-11-21/h4-6,8-9,11,13H,2-3,7,10H2,1H3,(H,20,23)/t13-/m0/s1. The van der Waals surface area contributed by atoms with E-state index in [9.17, 15) is 9.59 Å². The van der Waals surface area contributed by atoms with Gasteiger partial charge in [-0.15, -0.1) is 0 Å². The van der Waals surface area contributed by atoms with Crippen LogP contribution in [0.2, 0.25) is 5.02 Å². The topological polar surface area (TPSA) is 67.2 Å². The highest BCUT2D eigenvalue weighted by molar-refractivity contribution is 6.41. The number of hydrogen-bond donors (Lipinski definition) is 1. The molecule has 1 aliphatic heterocycles. The zero-order valence-electron chi connectivity index (χ0n) is 13.4. The number of halogens is 1. The Hall–Kier alpha value is -2.34. The molecule has 0 saturated carbocycles. The number of imidazole rings is 1. The Morgan fingerprint density at radius 3 is 2.96 bits per heavy atom. The molecule has 126 valence electrons. The van der Waals surface area contributed by atoms with E-state index < -0.39 is 11.8 Å². The molecule has 1 atom stereocenters. The normalized spacial score (nSPS) is 17.1. The van der Waals surface area contributed by atoms with Crippen molar-refractivity contribution in [3.8, 4) is 0 Å². The lowest BCUT2D eigenvalue weighted by atomic mass is 10.2. The van der Waals surface area contributed by atoms with E-state index in [0.717, 1.165) is 18.4 Å². The van der Waals surface area contributed by atoms with Crippen molar-refractivity contribution in [3.63, 3.8) is 0 Å². The molecule has 1 saturated heterocycles. The van der Waals surface area contributed by atoms with Crippen molar-refractivity contribution >= 4 is 29.1 Å². The highest BCUT2D eigenvalue weighted by Gasteiger charge is 2.32. The minimum Gasteiger partial charge on any atom is -0.335 e. The first-order chi connectivity index (χ1) is 11.5. The minimum atomic E-state index is -0.654. The summed E-state index contributed by atoms with van der Waals surface area (Å²) in [6.45, 7) is 3.14. The maximum absolute atomic E-state index is 12.5. The highest BCUT2D eigenvalue weighted by Crippen LogP contribution is 2.24. The average molecular weight is 347 g/mol. The molecule has 1 aromatic heterocycles. The van der Waals surface area contributed by atoms with Gasteiger partial charge in [0.15, 0.2) is 0 Å². The second kappa shape index (κ2) is 7.05. The number of carbonyl (C=O) groups excluding carboxylic acids is 2. The van der Waals surface area contributed by atoms with E-state index in [1.54, 1.807) is 29.6 Å². The zero-order valence-corrected chi connectivity index (χ0v) is 14.2. The third kappa shape index (κ3) is 3.59. The van der Waals surface area contributed by atoms with Crippen LogP contribution in [-0.4, -0.2) is 38.9 Å². The summed E-state index contributed by atoms with van der Waals surface area (Å²) in [5.74, 6) is -1.17. The van der Waals surface area contributed by atoms with Crippen molar-refractivity contribution in [2.45, 2.75) is 32.4 Å². The lowest BCUT2D eigenvalue weighted by molar-refractivity contribution is -0.143. The predicted octanol–water partition coefficient (Wildman–Crippen LogP) is 2.47. The van der Waals surface area contributed by atoms with Crippen LogP contribution >= 0.6 is 11.6 Å². The van der Waals surface area contributed by atoms with E-state index in [0.29, 0.717) is 23.8 Å². The summed E-state index contributed by atoms with van der Waals surface area (Å²) in [6.07, 6.45) is 7.04. The maximum Gasteiger partial charge on any atom is 0.313 e. The molecule has 0 spiro atoms.